The van der Waals surface area contributed by atoms with Crippen molar-refractivity contribution in [1.82, 2.24) is 9.80 Å². The van der Waals surface area contributed by atoms with E-state index in [1.165, 1.54) is 17.7 Å². The van der Waals surface area contributed by atoms with Gasteiger partial charge in [-0.2, -0.15) is 0 Å². The lowest BCUT2D eigenvalue weighted by molar-refractivity contribution is -0.192. The van der Waals surface area contributed by atoms with Crippen LogP contribution in [0.1, 0.15) is 11.1 Å². The van der Waals surface area contributed by atoms with Crippen LogP contribution in [0.5, 0.6) is 5.75 Å². The molecule has 0 bridgehead atoms. The summed E-state index contributed by atoms with van der Waals surface area (Å²) in [5.74, 6) is -0.0949. The molecule has 6 nitrogen and oxygen atoms in total. The fourth-order valence-corrected chi connectivity index (χ4v) is 4.85. The molecule has 0 saturated carbocycles. The van der Waals surface area contributed by atoms with Crippen LogP contribution in [0.15, 0.2) is 42.5 Å². The van der Waals surface area contributed by atoms with Crippen molar-refractivity contribution in [3.63, 3.8) is 0 Å². The van der Waals surface area contributed by atoms with Crippen LogP contribution in [0.25, 0.3) is 0 Å². The summed E-state index contributed by atoms with van der Waals surface area (Å²) >= 11 is 0. The SMILES string of the molecule is COc1cccc2c1C1(CN(CN3CCN(c4ccc(F)cc4)CC3)C2)OCCO1. The van der Waals surface area contributed by atoms with Gasteiger partial charge in [0.2, 0.25) is 5.79 Å². The molecule has 0 N–H and O–H groups in total. The molecule has 0 atom stereocenters. The highest BCUT2D eigenvalue weighted by atomic mass is 19.1. The van der Waals surface area contributed by atoms with Crippen LogP contribution >= 0.6 is 0 Å². The predicted octanol–water partition coefficient (Wildman–Crippen LogP) is 2.63. The quantitative estimate of drug-likeness (QED) is 0.767. The summed E-state index contributed by atoms with van der Waals surface area (Å²) in [6, 6.07) is 12.9. The van der Waals surface area contributed by atoms with Gasteiger partial charge in [-0.05, 0) is 35.9 Å². The van der Waals surface area contributed by atoms with Gasteiger partial charge < -0.3 is 19.1 Å². The second-order valence-corrected chi connectivity index (χ2v) is 8.15. The number of halogens is 1. The van der Waals surface area contributed by atoms with E-state index >= 15 is 0 Å². The molecule has 2 aromatic carbocycles. The average Bonchev–Trinajstić information content (AvgIpc) is 3.23. The molecule has 160 valence electrons. The molecule has 0 aliphatic carbocycles. The highest BCUT2D eigenvalue weighted by Crippen LogP contribution is 2.43. The number of methoxy groups -OCH3 is 1. The predicted molar refractivity (Wildman–Crippen MR) is 112 cm³/mol. The van der Waals surface area contributed by atoms with Crippen molar-refractivity contribution in [2.24, 2.45) is 0 Å². The molecule has 0 unspecified atom stereocenters. The van der Waals surface area contributed by atoms with Gasteiger partial charge in [0.1, 0.15) is 11.6 Å². The summed E-state index contributed by atoms with van der Waals surface area (Å²) in [6.07, 6.45) is 0. The molecule has 2 saturated heterocycles. The summed E-state index contributed by atoms with van der Waals surface area (Å²) in [4.78, 5) is 7.19. The molecule has 2 fully saturated rings. The monoisotopic (exact) mass is 413 g/mol. The van der Waals surface area contributed by atoms with Crippen molar-refractivity contribution in [2.45, 2.75) is 12.3 Å². The summed E-state index contributed by atoms with van der Waals surface area (Å²) in [6.45, 7) is 7.40. The van der Waals surface area contributed by atoms with Crippen LogP contribution in [-0.4, -0.2) is 69.5 Å². The fraction of sp³-hybridized carbons (Fsp3) is 0.478. The van der Waals surface area contributed by atoms with Crippen LogP contribution in [-0.2, 0) is 21.8 Å². The van der Waals surface area contributed by atoms with E-state index in [0.717, 1.165) is 56.4 Å². The van der Waals surface area contributed by atoms with Gasteiger partial charge >= 0.3 is 0 Å². The zero-order valence-electron chi connectivity index (χ0n) is 17.3. The van der Waals surface area contributed by atoms with E-state index in [-0.39, 0.29) is 5.82 Å². The van der Waals surface area contributed by atoms with Gasteiger partial charge in [0.25, 0.3) is 0 Å². The molecule has 7 heteroatoms. The fourth-order valence-electron chi connectivity index (χ4n) is 4.85. The van der Waals surface area contributed by atoms with Crippen LogP contribution in [0, 0.1) is 5.82 Å². The molecule has 3 heterocycles. The topological polar surface area (TPSA) is 37.4 Å². The van der Waals surface area contributed by atoms with Crippen molar-refractivity contribution in [3.8, 4) is 5.75 Å². The second-order valence-electron chi connectivity index (χ2n) is 8.15. The highest BCUT2D eigenvalue weighted by molar-refractivity contribution is 5.47. The van der Waals surface area contributed by atoms with Crippen molar-refractivity contribution < 1.29 is 18.6 Å². The normalized spacial score (nSPS) is 21.7. The van der Waals surface area contributed by atoms with E-state index in [9.17, 15) is 4.39 Å². The molecular formula is C23H28FN3O3. The van der Waals surface area contributed by atoms with E-state index in [2.05, 4.69) is 20.8 Å². The minimum Gasteiger partial charge on any atom is -0.496 e. The van der Waals surface area contributed by atoms with Gasteiger partial charge in [-0.15, -0.1) is 0 Å². The lowest BCUT2D eigenvalue weighted by Crippen LogP contribution is -2.54. The number of fused-ring (bicyclic) bond motifs is 2. The largest absolute Gasteiger partial charge is 0.496 e. The molecule has 3 aliphatic rings. The zero-order chi connectivity index (χ0) is 20.6. The Balaban J connectivity index is 1.27. The first-order valence-corrected chi connectivity index (χ1v) is 10.6. The molecule has 0 aromatic heterocycles. The number of hydrogen-bond acceptors (Lipinski definition) is 6. The number of piperazine rings is 1. The van der Waals surface area contributed by atoms with Crippen molar-refractivity contribution >= 4 is 5.69 Å². The summed E-state index contributed by atoms with van der Waals surface area (Å²) in [7, 11) is 1.70. The van der Waals surface area contributed by atoms with Gasteiger partial charge in [0.05, 0.1) is 39.1 Å². The van der Waals surface area contributed by atoms with E-state index in [1.807, 2.05) is 24.3 Å². The van der Waals surface area contributed by atoms with Crippen LogP contribution in [0.2, 0.25) is 0 Å². The molecular weight excluding hydrogens is 385 g/mol. The maximum atomic E-state index is 13.2. The van der Waals surface area contributed by atoms with E-state index in [4.69, 9.17) is 14.2 Å². The number of rotatable bonds is 4. The minimum atomic E-state index is -0.740. The Morgan fingerprint density at radius 1 is 0.967 bits per heavy atom. The van der Waals surface area contributed by atoms with Crippen LogP contribution < -0.4 is 9.64 Å². The molecule has 3 aliphatic heterocycles. The van der Waals surface area contributed by atoms with E-state index in [0.29, 0.717) is 19.8 Å². The van der Waals surface area contributed by atoms with Crippen molar-refractivity contribution in [1.29, 1.82) is 0 Å². The molecule has 0 amide bonds. The van der Waals surface area contributed by atoms with E-state index < -0.39 is 5.79 Å². The Bertz CT molecular complexity index is 878. The molecule has 5 rings (SSSR count). The number of benzene rings is 2. The lowest BCUT2D eigenvalue weighted by atomic mass is 9.93. The average molecular weight is 413 g/mol. The van der Waals surface area contributed by atoms with Crippen LogP contribution in [0.4, 0.5) is 10.1 Å². The Hall–Kier alpha value is -2.19. The Morgan fingerprint density at radius 2 is 1.70 bits per heavy atom. The second kappa shape index (κ2) is 8.15. The molecule has 1 spiro atoms. The van der Waals surface area contributed by atoms with Gasteiger partial charge in [0.15, 0.2) is 0 Å². The standard InChI is InChI=1S/C23H28FN3O3/c1-28-21-4-2-3-18-15-26(16-23(22(18)21)29-13-14-30-23)17-25-9-11-27(12-10-25)20-7-5-19(24)6-8-20/h2-8H,9-17H2,1H3. The number of anilines is 1. The molecule has 2 aromatic rings. The maximum absolute atomic E-state index is 13.2. The molecule has 0 radical (unpaired) electrons. The highest BCUT2D eigenvalue weighted by Gasteiger charge is 2.47. The minimum absolute atomic E-state index is 0.190. The third-order valence-electron chi connectivity index (χ3n) is 6.26. The number of nitrogens with zero attached hydrogens (tertiary/aromatic N) is 3. The Kier molecular flexibility index (Phi) is 5.37. The Morgan fingerprint density at radius 3 is 2.40 bits per heavy atom. The Labute approximate surface area is 176 Å². The summed E-state index contributed by atoms with van der Waals surface area (Å²) in [5.41, 5.74) is 3.33. The van der Waals surface area contributed by atoms with Gasteiger partial charge in [-0.3, -0.25) is 9.80 Å². The van der Waals surface area contributed by atoms with Crippen molar-refractivity contribution in [2.75, 3.05) is 64.6 Å². The van der Waals surface area contributed by atoms with Crippen molar-refractivity contribution in [3.05, 3.63) is 59.4 Å². The van der Waals surface area contributed by atoms with Crippen LogP contribution in [0.3, 0.4) is 0 Å². The van der Waals surface area contributed by atoms with E-state index in [1.54, 1.807) is 7.11 Å². The third kappa shape index (κ3) is 3.67. The first-order valence-electron chi connectivity index (χ1n) is 10.6. The summed E-state index contributed by atoms with van der Waals surface area (Å²) < 4.78 is 31.1. The number of hydrogen-bond donors (Lipinski definition) is 0. The summed E-state index contributed by atoms with van der Waals surface area (Å²) in [5, 5.41) is 0. The smallest absolute Gasteiger partial charge is 0.212 e. The lowest BCUT2D eigenvalue weighted by Gasteiger charge is -2.44. The zero-order valence-corrected chi connectivity index (χ0v) is 17.3. The van der Waals surface area contributed by atoms with Gasteiger partial charge in [0, 0.05) is 38.4 Å². The third-order valence-corrected chi connectivity index (χ3v) is 6.26. The first kappa shape index (κ1) is 19.8. The van der Waals surface area contributed by atoms with Gasteiger partial charge in [-0.25, -0.2) is 4.39 Å². The maximum Gasteiger partial charge on any atom is 0.212 e. The number of ether oxygens (including phenoxy) is 3. The molecule has 30 heavy (non-hydrogen) atoms. The first-order chi connectivity index (χ1) is 14.7. The van der Waals surface area contributed by atoms with Gasteiger partial charge in [-0.1, -0.05) is 12.1 Å².